The summed E-state index contributed by atoms with van der Waals surface area (Å²) in [5.74, 6) is -1.30. The average molecular weight is 292 g/mol. The van der Waals surface area contributed by atoms with E-state index in [1.165, 1.54) is 37.3 Å². The van der Waals surface area contributed by atoms with Crippen molar-refractivity contribution in [3.8, 4) is 11.5 Å². The van der Waals surface area contributed by atoms with Crippen LogP contribution in [0.25, 0.3) is 0 Å². The van der Waals surface area contributed by atoms with Gasteiger partial charge in [-0.15, -0.1) is 0 Å². The van der Waals surface area contributed by atoms with Crippen molar-refractivity contribution in [1.82, 2.24) is 0 Å². The monoisotopic (exact) mass is 292 g/mol. The Labute approximate surface area is 117 Å². The maximum Gasteiger partial charge on any atom is 0.346 e. The predicted molar refractivity (Wildman–Crippen MR) is 71.0 cm³/mol. The third-order valence-corrected chi connectivity index (χ3v) is 2.80. The summed E-state index contributed by atoms with van der Waals surface area (Å²) in [7, 11) is 0. The summed E-state index contributed by atoms with van der Waals surface area (Å²) in [6.07, 6.45) is 0. The number of benzene rings is 2. The minimum Gasteiger partial charge on any atom is -0.449 e. The second-order valence-electron chi connectivity index (χ2n) is 4.10. The molecule has 108 valence electrons. The molecule has 0 aliphatic heterocycles. The highest BCUT2D eigenvalue weighted by Gasteiger charge is 2.23. The molecule has 0 fully saturated rings. The molecule has 0 unspecified atom stereocenters. The van der Waals surface area contributed by atoms with Crippen molar-refractivity contribution < 1.29 is 19.0 Å². The van der Waals surface area contributed by atoms with E-state index in [9.17, 15) is 24.6 Å². The molecule has 2 rings (SSSR count). The second kappa shape index (κ2) is 5.53. The summed E-state index contributed by atoms with van der Waals surface area (Å²) in [6, 6.07) is 7.49. The van der Waals surface area contributed by atoms with Gasteiger partial charge in [-0.3, -0.25) is 20.2 Å². The molecule has 0 aromatic heterocycles. The fourth-order valence-corrected chi connectivity index (χ4v) is 1.78. The molecule has 7 nitrogen and oxygen atoms in total. The van der Waals surface area contributed by atoms with Gasteiger partial charge in [0.05, 0.1) is 15.4 Å². The highest BCUT2D eigenvalue weighted by atomic mass is 19.1. The molecule has 0 bridgehead atoms. The first-order valence-electron chi connectivity index (χ1n) is 5.76. The lowest BCUT2D eigenvalue weighted by atomic mass is 10.2. The number of halogens is 1. The lowest BCUT2D eigenvalue weighted by molar-refractivity contribution is -0.388. The van der Waals surface area contributed by atoms with Gasteiger partial charge in [-0.1, -0.05) is 12.1 Å². The molecule has 0 atom stereocenters. The molecule has 0 aliphatic rings. The van der Waals surface area contributed by atoms with E-state index in [2.05, 4.69) is 0 Å². The van der Waals surface area contributed by atoms with Crippen molar-refractivity contribution in [1.29, 1.82) is 0 Å². The standard InChI is InChI=1S/C13H9FN2O5/c1-8-10(15(17)18)5-3-6-11(8)21-12-7-2-4-9(14)13(12)16(19)20/h2-7H,1H3. The summed E-state index contributed by atoms with van der Waals surface area (Å²) in [5, 5.41) is 21.7. The van der Waals surface area contributed by atoms with Gasteiger partial charge in [-0.05, 0) is 25.1 Å². The van der Waals surface area contributed by atoms with E-state index in [1.54, 1.807) is 0 Å². The van der Waals surface area contributed by atoms with Crippen molar-refractivity contribution in [2.75, 3.05) is 0 Å². The average Bonchev–Trinajstić information content (AvgIpc) is 2.40. The number of hydrogen-bond donors (Lipinski definition) is 0. The van der Waals surface area contributed by atoms with Crippen molar-refractivity contribution in [2.24, 2.45) is 0 Å². The van der Waals surface area contributed by atoms with Crippen LogP contribution in [-0.4, -0.2) is 9.85 Å². The van der Waals surface area contributed by atoms with Crippen LogP contribution < -0.4 is 4.74 Å². The first kappa shape index (κ1) is 14.4. The molecule has 0 spiro atoms. The van der Waals surface area contributed by atoms with Crippen molar-refractivity contribution in [2.45, 2.75) is 6.92 Å². The van der Waals surface area contributed by atoms with Crippen LogP contribution >= 0.6 is 0 Å². The molecular formula is C13H9FN2O5. The first-order valence-corrected chi connectivity index (χ1v) is 5.76. The van der Waals surface area contributed by atoms with E-state index >= 15 is 0 Å². The SMILES string of the molecule is Cc1c(Oc2cccc(F)c2[N+](=O)[O-])cccc1[N+](=O)[O-]. The third-order valence-electron chi connectivity index (χ3n) is 2.80. The zero-order valence-electron chi connectivity index (χ0n) is 10.8. The fraction of sp³-hybridized carbons (Fsp3) is 0.0769. The summed E-state index contributed by atoms with van der Waals surface area (Å²) >= 11 is 0. The van der Waals surface area contributed by atoms with Gasteiger partial charge in [0.1, 0.15) is 5.75 Å². The lowest BCUT2D eigenvalue weighted by Crippen LogP contribution is -1.98. The molecule has 0 N–H and O–H groups in total. The molecule has 0 saturated carbocycles. The molecule has 0 amide bonds. The Bertz CT molecular complexity index is 732. The Kier molecular flexibility index (Phi) is 3.79. The Balaban J connectivity index is 2.49. The van der Waals surface area contributed by atoms with Crippen LogP contribution in [0, 0.1) is 33.0 Å². The zero-order valence-corrected chi connectivity index (χ0v) is 10.8. The number of hydrogen-bond acceptors (Lipinski definition) is 5. The number of ether oxygens (including phenoxy) is 1. The zero-order chi connectivity index (χ0) is 15.6. The van der Waals surface area contributed by atoms with E-state index in [1.807, 2.05) is 0 Å². The number of rotatable bonds is 4. The maximum absolute atomic E-state index is 13.5. The molecule has 0 radical (unpaired) electrons. The van der Waals surface area contributed by atoms with Gasteiger partial charge in [-0.2, -0.15) is 4.39 Å². The van der Waals surface area contributed by atoms with Crippen LogP contribution in [0.2, 0.25) is 0 Å². The van der Waals surface area contributed by atoms with Crippen LogP contribution in [-0.2, 0) is 0 Å². The van der Waals surface area contributed by atoms with Gasteiger partial charge in [-0.25, -0.2) is 0 Å². The molecule has 0 aliphatic carbocycles. The lowest BCUT2D eigenvalue weighted by Gasteiger charge is -2.09. The minimum atomic E-state index is -1.04. The van der Waals surface area contributed by atoms with Crippen molar-refractivity contribution in [3.05, 3.63) is 68.0 Å². The van der Waals surface area contributed by atoms with Crippen LogP contribution in [0.15, 0.2) is 36.4 Å². The Morgan fingerprint density at radius 3 is 2.24 bits per heavy atom. The second-order valence-corrected chi connectivity index (χ2v) is 4.10. The van der Waals surface area contributed by atoms with E-state index in [0.717, 1.165) is 6.07 Å². The minimum absolute atomic E-state index is 0.0536. The van der Waals surface area contributed by atoms with Crippen LogP contribution in [0.4, 0.5) is 15.8 Å². The smallest absolute Gasteiger partial charge is 0.346 e. The van der Waals surface area contributed by atoms with Gasteiger partial charge in [0.15, 0.2) is 0 Å². The highest BCUT2D eigenvalue weighted by Crippen LogP contribution is 2.36. The number of para-hydroxylation sites is 1. The number of nitrogens with zero attached hydrogens (tertiary/aromatic N) is 2. The quantitative estimate of drug-likeness (QED) is 0.631. The fourth-order valence-electron chi connectivity index (χ4n) is 1.78. The summed E-state index contributed by atoms with van der Waals surface area (Å²) in [5.41, 5.74) is -0.809. The van der Waals surface area contributed by atoms with E-state index in [4.69, 9.17) is 4.74 Å². The van der Waals surface area contributed by atoms with Crippen LogP contribution in [0.3, 0.4) is 0 Å². The first-order chi connectivity index (χ1) is 9.91. The van der Waals surface area contributed by atoms with Crippen molar-refractivity contribution >= 4 is 11.4 Å². The predicted octanol–water partition coefficient (Wildman–Crippen LogP) is 3.74. The van der Waals surface area contributed by atoms with Gasteiger partial charge in [0.25, 0.3) is 5.69 Å². The molecule has 21 heavy (non-hydrogen) atoms. The summed E-state index contributed by atoms with van der Waals surface area (Å²) in [6.45, 7) is 1.44. The van der Waals surface area contributed by atoms with E-state index < -0.39 is 21.4 Å². The summed E-state index contributed by atoms with van der Waals surface area (Å²) < 4.78 is 18.8. The third kappa shape index (κ3) is 2.78. The molecule has 2 aromatic rings. The Morgan fingerprint density at radius 1 is 1.00 bits per heavy atom. The maximum atomic E-state index is 13.5. The largest absolute Gasteiger partial charge is 0.449 e. The molecular weight excluding hydrogens is 283 g/mol. The van der Waals surface area contributed by atoms with Gasteiger partial charge < -0.3 is 4.74 Å². The Hall–Kier alpha value is -3.03. The Morgan fingerprint density at radius 2 is 1.62 bits per heavy atom. The topological polar surface area (TPSA) is 95.5 Å². The number of nitro benzene ring substituents is 2. The van der Waals surface area contributed by atoms with Gasteiger partial charge in [0.2, 0.25) is 11.6 Å². The van der Waals surface area contributed by atoms with Crippen LogP contribution in [0.5, 0.6) is 11.5 Å². The molecule has 2 aromatic carbocycles. The summed E-state index contributed by atoms with van der Waals surface area (Å²) in [4.78, 5) is 20.2. The highest BCUT2D eigenvalue weighted by molar-refractivity contribution is 5.53. The molecule has 8 heteroatoms. The van der Waals surface area contributed by atoms with E-state index in [0.29, 0.717) is 0 Å². The molecule has 0 saturated heterocycles. The number of nitro groups is 2. The molecule has 0 heterocycles. The van der Waals surface area contributed by atoms with Gasteiger partial charge >= 0.3 is 5.69 Å². The van der Waals surface area contributed by atoms with E-state index in [-0.39, 0.29) is 22.7 Å². The van der Waals surface area contributed by atoms with Gasteiger partial charge in [0, 0.05) is 6.07 Å². The van der Waals surface area contributed by atoms with Crippen LogP contribution in [0.1, 0.15) is 5.56 Å². The normalized spacial score (nSPS) is 10.2. The van der Waals surface area contributed by atoms with Crippen molar-refractivity contribution in [3.63, 3.8) is 0 Å².